The van der Waals surface area contributed by atoms with Crippen molar-refractivity contribution >= 4 is 34.7 Å². The van der Waals surface area contributed by atoms with Gasteiger partial charge in [0.1, 0.15) is 0 Å². The number of nitrogens with zero attached hydrogens (tertiary/aromatic N) is 1. The summed E-state index contributed by atoms with van der Waals surface area (Å²) in [6.07, 6.45) is 3.07. The second kappa shape index (κ2) is 5.61. The Kier molecular flexibility index (Phi) is 3.89. The van der Waals surface area contributed by atoms with Gasteiger partial charge in [-0.05, 0) is 35.9 Å². The van der Waals surface area contributed by atoms with E-state index in [1.165, 1.54) is 15.3 Å². The van der Waals surface area contributed by atoms with Crippen molar-refractivity contribution in [2.24, 2.45) is 0 Å². The van der Waals surface area contributed by atoms with E-state index in [-0.39, 0.29) is 0 Å². The van der Waals surface area contributed by atoms with Gasteiger partial charge in [0.05, 0.1) is 5.51 Å². The minimum atomic E-state index is 0.405. The summed E-state index contributed by atoms with van der Waals surface area (Å²) in [6, 6.07) is 6.59. The Hall–Kier alpha value is -0.550. The highest BCUT2D eigenvalue weighted by atomic mass is 35.5. The highest BCUT2D eigenvalue weighted by Gasteiger charge is 2.20. The van der Waals surface area contributed by atoms with Crippen LogP contribution in [0, 0.1) is 0 Å². The monoisotopic (exact) mass is 296 g/mol. The summed E-state index contributed by atoms with van der Waals surface area (Å²) in [6.45, 7) is 0.881. The number of rotatable bonds is 3. The van der Waals surface area contributed by atoms with Crippen LogP contribution in [-0.2, 0) is 6.54 Å². The highest BCUT2D eigenvalue weighted by Crippen LogP contribution is 2.37. The van der Waals surface area contributed by atoms with Crippen molar-refractivity contribution in [3.05, 3.63) is 45.4 Å². The minimum Gasteiger partial charge on any atom is -0.305 e. The SMILES string of the molecule is Clc1ccc2c(c1)C(NCc1cncs1)CCS2. The van der Waals surface area contributed by atoms with Gasteiger partial charge in [-0.2, -0.15) is 0 Å². The summed E-state index contributed by atoms with van der Waals surface area (Å²) in [5, 5.41) is 4.43. The van der Waals surface area contributed by atoms with Gasteiger partial charge in [0.2, 0.25) is 0 Å². The third-order valence-electron chi connectivity index (χ3n) is 3.02. The predicted octanol–water partition coefficient (Wildman–Crippen LogP) is 4.12. The largest absolute Gasteiger partial charge is 0.305 e. The normalized spacial score (nSPS) is 18.6. The molecule has 0 radical (unpaired) electrons. The zero-order chi connectivity index (χ0) is 12.4. The van der Waals surface area contributed by atoms with E-state index in [1.807, 2.05) is 29.5 Å². The van der Waals surface area contributed by atoms with Crippen LogP contribution in [0.15, 0.2) is 34.8 Å². The average molecular weight is 297 g/mol. The molecule has 3 rings (SSSR count). The van der Waals surface area contributed by atoms with Gasteiger partial charge in [-0.25, -0.2) is 0 Å². The molecule has 1 aliphatic heterocycles. The molecular formula is C13H13ClN2S2. The molecule has 1 aromatic heterocycles. The summed E-state index contributed by atoms with van der Waals surface area (Å²) in [5.74, 6) is 1.16. The Balaban J connectivity index is 1.76. The summed E-state index contributed by atoms with van der Waals surface area (Å²) in [4.78, 5) is 6.73. The minimum absolute atomic E-state index is 0.405. The van der Waals surface area contributed by atoms with Crippen LogP contribution in [0.1, 0.15) is 22.9 Å². The van der Waals surface area contributed by atoms with Crippen molar-refractivity contribution in [2.75, 3.05) is 5.75 Å². The average Bonchev–Trinajstić information content (AvgIpc) is 2.89. The Morgan fingerprint density at radius 1 is 1.44 bits per heavy atom. The first kappa shape index (κ1) is 12.5. The topological polar surface area (TPSA) is 24.9 Å². The van der Waals surface area contributed by atoms with Crippen LogP contribution in [0.25, 0.3) is 0 Å². The van der Waals surface area contributed by atoms with Crippen molar-refractivity contribution in [3.63, 3.8) is 0 Å². The third kappa shape index (κ3) is 2.72. The molecule has 0 saturated carbocycles. The lowest BCUT2D eigenvalue weighted by Crippen LogP contribution is -2.23. The lowest BCUT2D eigenvalue weighted by atomic mass is 10.0. The highest BCUT2D eigenvalue weighted by molar-refractivity contribution is 7.99. The summed E-state index contributed by atoms with van der Waals surface area (Å²) in [5.41, 5.74) is 3.21. The molecule has 0 fully saturated rings. The van der Waals surface area contributed by atoms with Gasteiger partial charge in [-0.15, -0.1) is 23.1 Å². The molecule has 2 nitrogen and oxygen atoms in total. The third-order valence-corrected chi connectivity index (χ3v) is 5.15. The molecule has 5 heteroatoms. The molecule has 0 bridgehead atoms. The number of hydrogen-bond donors (Lipinski definition) is 1. The number of halogens is 1. The molecule has 1 aliphatic rings. The van der Waals surface area contributed by atoms with Gasteiger partial charge in [0.25, 0.3) is 0 Å². The Labute approximate surface area is 120 Å². The molecule has 94 valence electrons. The number of benzene rings is 1. The van der Waals surface area contributed by atoms with Crippen molar-refractivity contribution in [3.8, 4) is 0 Å². The molecule has 1 atom stereocenters. The first-order chi connectivity index (χ1) is 8.83. The molecule has 0 saturated heterocycles. The van der Waals surface area contributed by atoms with Crippen LogP contribution >= 0.6 is 34.7 Å². The zero-order valence-electron chi connectivity index (χ0n) is 9.73. The molecule has 2 heterocycles. The van der Waals surface area contributed by atoms with Gasteiger partial charge in [0.15, 0.2) is 0 Å². The van der Waals surface area contributed by atoms with Crippen LogP contribution in [-0.4, -0.2) is 10.7 Å². The standard InChI is InChI=1S/C13H13ClN2S2/c14-9-1-2-13-11(5-9)12(3-4-17-13)16-7-10-6-15-8-18-10/h1-2,5-6,8,12,16H,3-4,7H2. The second-order valence-electron chi connectivity index (χ2n) is 4.22. The van der Waals surface area contributed by atoms with Crippen molar-refractivity contribution in [2.45, 2.75) is 23.9 Å². The molecule has 0 amide bonds. The number of fused-ring (bicyclic) bond motifs is 1. The Morgan fingerprint density at radius 2 is 2.39 bits per heavy atom. The molecule has 1 unspecified atom stereocenters. The van der Waals surface area contributed by atoms with Gasteiger partial charge in [-0.1, -0.05) is 11.6 Å². The molecular weight excluding hydrogens is 284 g/mol. The van der Waals surface area contributed by atoms with Gasteiger partial charge in [-0.3, -0.25) is 4.98 Å². The summed E-state index contributed by atoms with van der Waals surface area (Å²) < 4.78 is 0. The number of thioether (sulfide) groups is 1. The first-order valence-electron chi connectivity index (χ1n) is 5.86. The number of thiazole rings is 1. The van der Waals surface area contributed by atoms with E-state index in [0.717, 1.165) is 23.7 Å². The molecule has 18 heavy (non-hydrogen) atoms. The maximum atomic E-state index is 6.10. The van der Waals surface area contributed by atoms with E-state index >= 15 is 0 Å². The van der Waals surface area contributed by atoms with E-state index in [2.05, 4.69) is 22.4 Å². The summed E-state index contributed by atoms with van der Waals surface area (Å²) in [7, 11) is 0. The van der Waals surface area contributed by atoms with E-state index in [9.17, 15) is 0 Å². The number of hydrogen-bond acceptors (Lipinski definition) is 4. The van der Waals surface area contributed by atoms with Crippen LogP contribution < -0.4 is 5.32 Å². The molecule has 0 aliphatic carbocycles. The Morgan fingerprint density at radius 3 is 3.22 bits per heavy atom. The van der Waals surface area contributed by atoms with Crippen molar-refractivity contribution in [1.82, 2.24) is 10.3 Å². The molecule has 1 N–H and O–H groups in total. The van der Waals surface area contributed by atoms with Crippen LogP contribution in [0.4, 0.5) is 0 Å². The fraction of sp³-hybridized carbons (Fsp3) is 0.308. The van der Waals surface area contributed by atoms with Gasteiger partial charge in [0, 0.05) is 33.6 Å². The Bertz CT molecular complexity index is 528. The van der Waals surface area contributed by atoms with E-state index in [4.69, 9.17) is 11.6 Å². The zero-order valence-corrected chi connectivity index (χ0v) is 12.1. The fourth-order valence-electron chi connectivity index (χ4n) is 2.13. The second-order valence-corrected chi connectivity index (χ2v) is 6.76. The molecule has 2 aromatic rings. The van der Waals surface area contributed by atoms with Crippen LogP contribution in [0.2, 0.25) is 5.02 Å². The fourth-order valence-corrected chi connectivity index (χ4v) is 3.96. The van der Waals surface area contributed by atoms with Crippen molar-refractivity contribution in [1.29, 1.82) is 0 Å². The van der Waals surface area contributed by atoms with Crippen molar-refractivity contribution < 1.29 is 0 Å². The molecule has 0 spiro atoms. The summed E-state index contributed by atoms with van der Waals surface area (Å²) >= 11 is 9.70. The smallest absolute Gasteiger partial charge is 0.0794 e. The quantitative estimate of drug-likeness (QED) is 0.922. The first-order valence-corrected chi connectivity index (χ1v) is 8.10. The number of nitrogens with one attached hydrogen (secondary N) is 1. The van der Waals surface area contributed by atoms with Gasteiger partial charge < -0.3 is 5.32 Å². The maximum Gasteiger partial charge on any atom is 0.0794 e. The van der Waals surface area contributed by atoms with Crippen LogP contribution in [0.3, 0.4) is 0 Å². The van der Waals surface area contributed by atoms with Gasteiger partial charge >= 0.3 is 0 Å². The molecule has 1 aromatic carbocycles. The van der Waals surface area contributed by atoms with Crippen LogP contribution in [0.5, 0.6) is 0 Å². The maximum absolute atomic E-state index is 6.10. The predicted molar refractivity (Wildman–Crippen MR) is 78.5 cm³/mol. The van der Waals surface area contributed by atoms with E-state index in [1.54, 1.807) is 11.3 Å². The number of aromatic nitrogens is 1. The lowest BCUT2D eigenvalue weighted by Gasteiger charge is -2.26. The van der Waals surface area contributed by atoms with E-state index < -0.39 is 0 Å². The van der Waals surface area contributed by atoms with E-state index in [0.29, 0.717) is 6.04 Å². The lowest BCUT2D eigenvalue weighted by molar-refractivity contribution is 0.512.